The van der Waals surface area contributed by atoms with Crippen molar-refractivity contribution in [2.75, 3.05) is 5.32 Å². The molecule has 1 aromatic carbocycles. The number of rotatable bonds is 3. The predicted molar refractivity (Wildman–Crippen MR) is 82.3 cm³/mol. The van der Waals surface area contributed by atoms with Crippen molar-refractivity contribution < 1.29 is 0 Å². The Kier molecular flexibility index (Phi) is 4.07. The minimum Gasteiger partial charge on any atom is -0.379 e. The molecule has 0 aliphatic rings. The summed E-state index contributed by atoms with van der Waals surface area (Å²) < 4.78 is 1.09. The van der Waals surface area contributed by atoms with Gasteiger partial charge in [0.25, 0.3) is 0 Å². The second kappa shape index (κ2) is 5.41. The first-order valence-corrected chi connectivity index (χ1v) is 7.57. The van der Waals surface area contributed by atoms with E-state index in [0.717, 1.165) is 21.7 Å². The molecule has 2 rings (SSSR count). The number of aromatic nitrogens is 1. The Morgan fingerprint density at radius 2 is 1.89 bits per heavy atom. The van der Waals surface area contributed by atoms with Gasteiger partial charge in [0.15, 0.2) is 0 Å². The van der Waals surface area contributed by atoms with Gasteiger partial charge < -0.3 is 5.32 Å². The highest BCUT2D eigenvalue weighted by molar-refractivity contribution is 9.10. The second-order valence-electron chi connectivity index (χ2n) is 5.24. The molecule has 2 nitrogen and oxygen atoms in total. The molecular formula is C14H17BrN2S. The van der Waals surface area contributed by atoms with Gasteiger partial charge in [0.2, 0.25) is 0 Å². The summed E-state index contributed by atoms with van der Waals surface area (Å²) in [6.45, 7) is 7.35. The Bertz CT molecular complexity index is 511. The fraction of sp³-hybridized carbons (Fsp3) is 0.357. The Hall–Kier alpha value is -0.870. The molecule has 1 heterocycles. The van der Waals surface area contributed by atoms with Gasteiger partial charge in [-0.05, 0) is 24.3 Å². The summed E-state index contributed by atoms with van der Waals surface area (Å²) >= 11 is 5.14. The molecule has 0 amide bonds. The molecule has 0 fully saturated rings. The third-order valence-corrected chi connectivity index (χ3v) is 3.99. The van der Waals surface area contributed by atoms with E-state index in [9.17, 15) is 0 Å². The smallest absolute Gasteiger partial charge is 0.112 e. The van der Waals surface area contributed by atoms with Gasteiger partial charge in [0, 0.05) is 21.0 Å². The molecule has 1 N–H and O–H groups in total. The molecule has 18 heavy (non-hydrogen) atoms. The van der Waals surface area contributed by atoms with Crippen molar-refractivity contribution in [3.05, 3.63) is 44.8 Å². The molecule has 0 aliphatic carbocycles. The summed E-state index contributed by atoms with van der Waals surface area (Å²) in [6, 6.07) is 8.18. The maximum Gasteiger partial charge on any atom is 0.112 e. The Balaban J connectivity index is 1.98. The first-order chi connectivity index (χ1) is 8.45. The lowest BCUT2D eigenvalue weighted by Gasteiger charge is -2.14. The molecule has 96 valence electrons. The van der Waals surface area contributed by atoms with Crippen LogP contribution < -0.4 is 5.32 Å². The van der Waals surface area contributed by atoms with Gasteiger partial charge in [-0.3, -0.25) is 0 Å². The summed E-state index contributed by atoms with van der Waals surface area (Å²) in [5.74, 6) is 0. The Labute approximate surface area is 121 Å². The van der Waals surface area contributed by atoms with Crippen molar-refractivity contribution in [3.63, 3.8) is 0 Å². The predicted octanol–water partition coefficient (Wildman–Crippen LogP) is 4.82. The van der Waals surface area contributed by atoms with E-state index in [2.05, 4.69) is 64.5 Å². The molecule has 0 bridgehead atoms. The largest absolute Gasteiger partial charge is 0.379 e. The lowest BCUT2D eigenvalue weighted by atomic mass is 9.93. The van der Waals surface area contributed by atoms with Crippen LogP contribution in [0.1, 0.15) is 31.5 Å². The van der Waals surface area contributed by atoms with E-state index in [1.165, 1.54) is 5.69 Å². The summed E-state index contributed by atoms with van der Waals surface area (Å²) in [5.41, 5.74) is 2.41. The van der Waals surface area contributed by atoms with Crippen LogP contribution >= 0.6 is 27.3 Å². The van der Waals surface area contributed by atoms with Crippen molar-refractivity contribution in [1.82, 2.24) is 4.98 Å². The van der Waals surface area contributed by atoms with Crippen LogP contribution in [-0.4, -0.2) is 4.98 Å². The Morgan fingerprint density at radius 3 is 2.44 bits per heavy atom. The fourth-order valence-electron chi connectivity index (χ4n) is 1.48. The summed E-state index contributed by atoms with van der Waals surface area (Å²) in [6.07, 6.45) is 0. The molecule has 4 heteroatoms. The maximum atomic E-state index is 4.66. The summed E-state index contributed by atoms with van der Waals surface area (Å²) in [7, 11) is 0. The molecule has 0 saturated heterocycles. The van der Waals surface area contributed by atoms with Gasteiger partial charge in [-0.1, -0.05) is 36.7 Å². The highest BCUT2D eigenvalue weighted by atomic mass is 79.9. The van der Waals surface area contributed by atoms with E-state index in [4.69, 9.17) is 0 Å². The van der Waals surface area contributed by atoms with E-state index < -0.39 is 0 Å². The zero-order valence-corrected chi connectivity index (χ0v) is 13.2. The highest BCUT2D eigenvalue weighted by Gasteiger charge is 2.17. The molecule has 1 aromatic heterocycles. The normalized spacial score (nSPS) is 11.6. The molecule has 0 spiro atoms. The quantitative estimate of drug-likeness (QED) is 0.875. The molecule has 2 aromatic rings. The van der Waals surface area contributed by atoms with Crippen LogP contribution in [0, 0.1) is 0 Å². The van der Waals surface area contributed by atoms with E-state index in [1.807, 2.05) is 12.1 Å². The number of halogens is 1. The average Bonchev–Trinajstić information content (AvgIpc) is 2.77. The number of benzene rings is 1. The topological polar surface area (TPSA) is 24.9 Å². The van der Waals surface area contributed by atoms with Gasteiger partial charge in [0.05, 0.1) is 12.2 Å². The van der Waals surface area contributed by atoms with Crippen LogP contribution in [0.15, 0.2) is 34.1 Å². The van der Waals surface area contributed by atoms with Gasteiger partial charge >= 0.3 is 0 Å². The zero-order chi connectivity index (χ0) is 13.2. The van der Waals surface area contributed by atoms with Crippen LogP contribution in [0.4, 0.5) is 5.69 Å². The first kappa shape index (κ1) is 13.6. The van der Waals surface area contributed by atoms with Gasteiger partial charge in [-0.2, -0.15) is 0 Å². The zero-order valence-electron chi connectivity index (χ0n) is 10.8. The number of hydrogen-bond acceptors (Lipinski definition) is 3. The van der Waals surface area contributed by atoms with Gasteiger partial charge in [0.1, 0.15) is 5.01 Å². The highest BCUT2D eigenvalue weighted by Crippen LogP contribution is 2.24. The van der Waals surface area contributed by atoms with E-state index in [-0.39, 0.29) is 5.41 Å². The SMILES string of the molecule is CC(C)(C)c1csc(CNc2ccc(Br)cc2)n1. The second-order valence-corrected chi connectivity index (χ2v) is 7.10. The van der Waals surface area contributed by atoms with Gasteiger partial charge in [-0.25, -0.2) is 4.98 Å². The van der Waals surface area contributed by atoms with Gasteiger partial charge in [-0.15, -0.1) is 11.3 Å². The van der Waals surface area contributed by atoms with Crippen LogP contribution in [0.25, 0.3) is 0 Å². The van der Waals surface area contributed by atoms with Crippen molar-refractivity contribution in [2.24, 2.45) is 0 Å². The monoisotopic (exact) mass is 324 g/mol. The first-order valence-electron chi connectivity index (χ1n) is 5.89. The van der Waals surface area contributed by atoms with Crippen molar-refractivity contribution in [2.45, 2.75) is 32.7 Å². The maximum absolute atomic E-state index is 4.66. The number of hydrogen-bond donors (Lipinski definition) is 1. The van der Waals surface area contributed by atoms with Crippen molar-refractivity contribution >= 4 is 33.0 Å². The number of nitrogens with zero attached hydrogens (tertiary/aromatic N) is 1. The standard InChI is InChI=1S/C14H17BrN2S/c1-14(2,3)12-9-18-13(17-12)8-16-11-6-4-10(15)5-7-11/h4-7,9,16H,8H2,1-3H3. The number of anilines is 1. The number of thiazole rings is 1. The third-order valence-electron chi connectivity index (χ3n) is 2.61. The third kappa shape index (κ3) is 3.56. The molecular weight excluding hydrogens is 308 g/mol. The van der Waals surface area contributed by atoms with E-state index in [0.29, 0.717) is 0 Å². The minimum absolute atomic E-state index is 0.131. The molecule has 0 saturated carbocycles. The summed E-state index contributed by atoms with van der Waals surface area (Å²) in [4.78, 5) is 4.66. The average molecular weight is 325 g/mol. The fourth-order valence-corrected chi connectivity index (χ4v) is 2.71. The Morgan fingerprint density at radius 1 is 1.22 bits per heavy atom. The summed E-state index contributed by atoms with van der Waals surface area (Å²) in [5, 5.41) is 6.66. The van der Waals surface area contributed by atoms with Crippen molar-refractivity contribution in [3.8, 4) is 0 Å². The molecule has 0 radical (unpaired) electrons. The minimum atomic E-state index is 0.131. The van der Waals surface area contributed by atoms with Crippen LogP contribution in [-0.2, 0) is 12.0 Å². The lowest BCUT2D eigenvalue weighted by molar-refractivity contribution is 0.571. The number of nitrogens with one attached hydrogen (secondary N) is 1. The molecule has 0 unspecified atom stereocenters. The molecule has 0 aliphatic heterocycles. The van der Waals surface area contributed by atoms with E-state index in [1.54, 1.807) is 11.3 Å². The van der Waals surface area contributed by atoms with Crippen molar-refractivity contribution in [1.29, 1.82) is 0 Å². The van der Waals surface area contributed by atoms with Crippen LogP contribution in [0.2, 0.25) is 0 Å². The van der Waals surface area contributed by atoms with Crippen LogP contribution in [0.3, 0.4) is 0 Å². The molecule has 0 atom stereocenters. The van der Waals surface area contributed by atoms with Crippen LogP contribution in [0.5, 0.6) is 0 Å². The lowest BCUT2D eigenvalue weighted by Crippen LogP contribution is -2.11. The van der Waals surface area contributed by atoms with E-state index >= 15 is 0 Å².